The van der Waals surface area contributed by atoms with Gasteiger partial charge in [0.15, 0.2) is 0 Å². The number of alkyl halides is 3. The number of carbonyl (C=O) groups is 2. The standard InChI is InChI=1S/C12H11F3INO6S/c1-7(18)23-10-6-8(16)2-3-9(10)11(19)22-5-4-17-24(20,21)12(13,14)15/h2-3,6,17H,4-5H2,1H3. The van der Waals surface area contributed by atoms with Gasteiger partial charge in [0, 0.05) is 17.0 Å². The summed E-state index contributed by atoms with van der Waals surface area (Å²) in [7, 11) is -5.50. The van der Waals surface area contributed by atoms with E-state index in [1.165, 1.54) is 22.9 Å². The van der Waals surface area contributed by atoms with Gasteiger partial charge in [0.25, 0.3) is 0 Å². The molecular weight excluding hydrogens is 470 g/mol. The van der Waals surface area contributed by atoms with Gasteiger partial charge in [-0.2, -0.15) is 13.2 Å². The number of rotatable bonds is 6. The Morgan fingerprint density at radius 1 is 1.29 bits per heavy atom. The third kappa shape index (κ3) is 5.90. The average molecular weight is 481 g/mol. The molecular formula is C12H11F3INO6S. The quantitative estimate of drug-likeness (QED) is 0.288. The lowest BCUT2D eigenvalue weighted by molar-refractivity contribution is -0.131. The summed E-state index contributed by atoms with van der Waals surface area (Å²) in [6, 6.07) is 4.23. The number of carbonyl (C=O) groups excluding carboxylic acids is 2. The van der Waals surface area contributed by atoms with E-state index in [9.17, 15) is 31.2 Å². The number of ether oxygens (including phenoxy) is 2. The second-order valence-corrected chi connectivity index (χ2v) is 7.22. The van der Waals surface area contributed by atoms with Crippen molar-refractivity contribution in [3.8, 4) is 5.75 Å². The molecule has 0 aliphatic carbocycles. The molecule has 0 unspecified atom stereocenters. The van der Waals surface area contributed by atoms with Crippen molar-refractivity contribution >= 4 is 44.6 Å². The monoisotopic (exact) mass is 481 g/mol. The van der Waals surface area contributed by atoms with Crippen LogP contribution in [0.25, 0.3) is 0 Å². The van der Waals surface area contributed by atoms with Crippen molar-refractivity contribution in [2.24, 2.45) is 0 Å². The number of nitrogens with one attached hydrogen (secondary N) is 1. The van der Waals surface area contributed by atoms with E-state index in [1.807, 2.05) is 22.6 Å². The number of sulfonamides is 1. The van der Waals surface area contributed by atoms with E-state index in [-0.39, 0.29) is 11.3 Å². The van der Waals surface area contributed by atoms with E-state index in [2.05, 4.69) is 4.74 Å². The minimum atomic E-state index is -5.50. The maximum absolute atomic E-state index is 12.1. The van der Waals surface area contributed by atoms with Crippen LogP contribution in [0.1, 0.15) is 17.3 Å². The van der Waals surface area contributed by atoms with Crippen LogP contribution in [0.15, 0.2) is 18.2 Å². The first-order valence-corrected chi connectivity index (χ1v) is 8.71. The predicted molar refractivity (Wildman–Crippen MR) is 83.7 cm³/mol. The molecule has 0 aromatic heterocycles. The fourth-order valence-electron chi connectivity index (χ4n) is 1.38. The molecule has 12 heteroatoms. The van der Waals surface area contributed by atoms with Gasteiger partial charge in [-0.3, -0.25) is 4.79 Å². The predicted octanol–water partition coefficient (Wildman–Crippen LogP) is 1.81. The Balaban J connectivity index is 2.68. The average Bonchev–Trinajstić information content (AvgIpc) is 2.41. The number of halogens is 4. The molecule has 0 atom stereocenters. The first-order valence-electron chi connectivity index (χ1n) is 6.15. The molecule has 7 nitrogen and oxygen atoms in total. The zero-order valence-corrected chi connectivity index (χ0v) is 15.0. The van der Waals surface area contributed by atoms with E-state index in [4.69, 9.17) is 4.74 Å². The molecule has 0 spiro atoms. The van der Waals surface area contributed by atoms with Crippen molar-refractivity contribution in [3.63, 3.8) is 0 Å². The topological polar surface area (TPSA) is 98.8 Å². The summed E-state index contributed by atoms with van der Waals surface area (Å²) in [5.41, 5.74) is -5.57. The van der Waals surface area contributed by atoms with Crippen LogP contribution in [0.2, 0.25) is 0 Å². The minimum Gasteiger partial charge on any atom is -0.461 e. The molecule has 0 heterocycles. The summed E-state index contributed by atoms with van der Waals surface area (Å²) >= 11 is 1.92. The largest absolute Gasteiger partial charge is 0.511 e. The molecule has 0 aliphatic heterocycles. The van der Waals surface area contributed by atoms with Gasteiger partial charge in [-0.05, 0) is 40.8 Å². The van der Waals surface area contributed by atoms with Crippen LogP contribution in [0.3, 0.4) is 0 Å². The highest BCUT2D eigenvalue weighted by molar-refractivity contribution is 14.1. The molecule has 134 valence electrons. The van der Waals surface area contributed by atoms with Crippen molar-refractivity contribution in [3.05, 3.63) is 27.3 Å². The number of esters is 2. The number of hydrogen-bond donors (Lipinski definition) is 1. The SMILES string of the molecule is CC(=O)Oc1cc(I)ccc1C(=O)OCCNS(=O)(=O)C(F)(F)F. The summed E-state index contributed by atoms with van der Waals surface area (Å²) in [6.45, 7) is -0.276. The van der Waals surface area contributed by atoms with E-state index < -0.39 is 40.6 Å². The second kappa shape index (κ2) is 8.11. The lowest BCUT2D eigenvalue weighted by atomic mass is 10.2. The second-order valence-electron chi connectivity index (χ2n) is 4.21. The molecule has 1 rings (SSSR count). The van der Waals surface area contributed by atoms with E-state index in [1.54, 1.807) is 0 Å². The summed E-state index contributed by atoms with van der Waals surface area (Å²) < 4.78 is 69.2. The number of hydrogen-bond acceptors (Lipinski definition) is 6. The van der Waals surface area contributed by atoms with Crippen molar-refractivity contribution in [1.29, 1.82) is 0 Å². The van der Waals surface area contributed by atoms with Gasteiger partial charge in [0.1, 0.15) is 17.9 Å². The van der Waals surface area contributed by atoms with Gasteiger partial charge in [-0.15, -0.1) is 0 Å². The molecule has 1 N–H and O–H groups in total. The van der Waals surface area contributed by atoms with Crippen LogP contribution >= 0.6 is 22.6 Å². The van der Waals surface area contributed by atoms with Crippen LogP contribution in [0.5, 0.6) is 5.75 Å². The highest BCUT2D eigenvalue weighted by atomic mass is 127. The van der Waals surface area contributed by atoms with Gasteiger partial charge in [-0.25, -0.2) is 17.9 Å². The molecule has 24 heavy (non-hydrogen) atoms. The highest BCUT2D eigenvalue weighted by Crippen LogP contribution is 2.23. The van der Waals surface area contributed by atoms with Crippen LogP contribution in [-0.2, 0) is 19.6 Å². The maximum atomic E-state index is 12.1. The van der Waals surface area contributed by atoms with Crippen molar-refractivity contribution in [2.75, 3.05) is 13.2 Å². The van der Waals surface area contributed by atoms with E-state index in [0.29, 0.717) is 3.57 Å². The molecule has 0 radical (unpaired) electrons. The van der Waals surface area contributed by atoms with Gasteiger partial charge >= 0.3 is 27.5 Å². The summed E-state index contributed by atoms with van der Waals surface area (Å²) in [5.74, 6) is -1.73. The first-order chi connectivity index (χ1) is 10.9. The maximum Gasteiger partial charge on any atom is 0.511 e. The summed E-state index contributed by atoms with van der Waals surface area (Å²) in [4.78, 5) is 22.9. The Labute approximate surface area is 148 Å². The third-order valence-corrected chi connectivity index (χ3v) is 4.21. The van der Waals surface area contributed by atoms with Crippen LogP contribution in [0, 0.1) is 3.57 Å². The normalized spacial score (nSPS) is 11.9. The molecule has 0 saturated carbocycles. The molecule has 0 aliphatic rings. The lowest BCUT2D eigenvalue weighted by Gasteiger charge is -2.11. The number of benzene rings is 1. The zero-order valence-electron chi connectivity index (χ0n) is 12.0. The van der Waals surface area contributed by atoms with Gasteiger partial charge in [0.2, 0.25) is 0 Å². The Kier molecular flexibility index (Phi) is 6.97. The Morgan fingerprint density at radius 3 is 2.46 bits per heavy atom. The first kappa shape index (κ1) is 20.6. The molecule has 1 aromatic rings. The van der Waals surface area contributed by atoms with Crippen molar-refractivity contribution in [2.45, 2.75) is 12.4 Å². The Bertz CT molecular complexity index is 735. The smallest absolute Gasteiger partial charge is 0.461 e. The Hall–Kier alpha value is -1.41. The summed E-state index contributed by atoms with van der Waals surface area (Å²) in [5, 5.41) is 0. The molecule has 0 fully saturated rings. The van der Waals surface area contributed by atoms with Gasteiger partial charge < -0.3 is 9.47 Å². The van der Waals surface area contributed by atoms with Crippen LogP contribution in [0.4, 0.5) is 13.2 Å². The Morgan fingerprint density at radius 2 is 1.92 bits per heavy atom. The minimum absolute atomic E-state index is 0.0738. The van der Waals surface area contributed by atoms with E-state index >= 15 is 0 Å². The molecule has 0 saturated heterocycles. The summed E-state index contributed by atoms with van der Waals surface area (Å²) in [6.07, 6.45) is 0. The van der Waals surface area contributed by atoms with Crippen molar-refractivity contribution < 1.29 is 40.7 Å². The van der Waals surface area contributed by atoms with Crippen LogP contribution < -0.4 is 9.46 Å². The zero-order chi connectivity index (χ0) is 18.5. The molecule has 0 amide bonds. The highest BCUT2D eigenvalue weighted by Gasteiger charge is 2.45. The van der Waals surface area contributed by atoms with E-state index in [0.717, 1.165) is 6.92 Å². The van der Waals surface area contributed by atoms with Crippen LogP contribution in [-0.4, -0.2) is 39.0 Å². The fraction of sp³-hybridized carbons (Fsp3) is 0.333. The lowest BCUT2D eigenvalue weighted by Crippen LogP contribution is -2.38. The third-order valence-electron chi connectivity index (χ3n) is 2.35. The van der Waals surface area contributed by atoms with Crippen molar-refractivity contribution in [1.82, 2.24) is 4.72 Å². The molecule has 0 bridgehead atoms. The van der Waals surface area contributed by atoms with Gasteiger partial charge in [0.05, 0.1) is 0 Å². The van der Waals surface area contributed by atoms with Gasteiger partial charge in [-0.1, -0.05) is 0 Å². The fourth-order valence-corrected chi connectivity index (χ4v) is 2.36. The molecule has 1 aromatic carbocycles.